The van der Waals surface area contributed by atoms with Crippen LogP contribution in [0.2, 0.25) is 0 Å². The van der Waals surface area contributed by atoms with Crippen molar-refractivity contribution >= 4 is 98.0 Å². The van der Waals surface area contributed by atoms with Gasteiger partial charge in [-0.3, -0.25) is 0 Å². The van der Waals surface area contributed by atoms with Crippen molar-refractivity contribution in [3.63, 3.8) is 0 Å². The van der Waals surface area contributed by atoms with Crippen LogP contribution in [-0.2, 0) is 0 Å². The Morgan fingerprint density at radius 2 is 0.895 bits per heavy atom. The molecule has 0 amide bonds. The number of allylic oxidation sites excluding steroid dienone is 2. The predicted molar refractivity (Wildman–Crippen MR) is 176 cm³/mol. The van der Waals surface area contributed by atoms with Gasteiger partial charge in [-0.1, -0.05) is 12.2 Å². The maximum atomic E-state index is 2.48. The van der Waals surface area contributed by atoms with Crippen molar-refractivity contribution in [2.45, 2.75) is 13.8 Å². The third-order valence-corrected chi connectivity index (χ3v) is 14.5. The van der Waals surface area contributed by atoms with Crippen molar-refractivity contribution in [3.05, 3.63) is 93.7 Å². The van der Waals surface area contributed by atoms with Crippen molar-refractivity contribution in [2.24, 2.45) is 0 Å². The summed E-state index contributed by atoms with van der Waals surface area (Å²) in [6.45, 7) is 4.38. The van der Waals surface area contributed by atoms with Crippen LogP contribution in [0.5, 0.6) is 0 Å². The zero-order valence-electron chi connectivity index (χ0n) is 20.4. The summed E-state index contributed by atoms with van der Waals surface area (Å²) in [7, 11) is 0. The lowest BCUT2D eigenvalue weighted by atomic mass is 9.97. The SMILES string of the molecule is C/C=C1/c2cc3c(cc2-c2sc(-c4cc5sccc5s4)cc21)/C(=C\C)c1cc(-c2cc4sccc4s2)sc1-3. The lowest BCUT2D eigenvalue weighted by Gasteiger charge is -2.09. The molecule has 0 saturated carbocycles. The lowest BCUT2D eigenvalue weighted by molar-refractivity contribution is 1.60. The van der Waals surface area contributed by atoms with Crippen LogP contribution in [0.15, 0.2) is 71.4 Å². The molecular formula is C32H18S6. The Hall–Kier alpha value is -2.58. The predicted octanol–water partition coefficient (Wildman–Crippen LogP) is 12.6. The first-order chi connectivity index (χ1) is 18.7. The molecule has 0 fully saturated rings. The van der Waals surface area contributed by atoms with Crippen molar-refractivity contribution in [1.29, 1.82) is 0 Å². The smallest absolute Gasteiger partial charge is 0.0464 e. The van der Waals surface area contributed by atoms with Crippen LogP contribution in [0.4, 0.5) is 0 Å². The van der Waals surface area contributed by atoms with Crippen LogP contribution in [0.3, 0.4) is 0 Å². The van der Waals surface area contributed by atoms with E-state index in [0.29, 0.717) is 0 Å². The highest BCUT2D eigenvalue weighted by molar-refractivity contribution is 7.32. The quantitative estimate of drug-likeness (QED) is 0.187. The second-order valence-corrected chi connectivity index (χ2v) is 15.7. The van der Waals surface area contributed by atoms with E-state index in [0.717, 1.165) is 0 Å². The monoisotopic (exact) mass is 594 g/mol. The summed E-state index contributed by atoms with van der Waals surface area (Å²) in [5.74, 6) is 0. The van der Waals surface area contributed by atoms with E-state index in [1.165, 1.54) is 92.6 Å². The van der Waals surface area contributed by atoms with E-state index >= 15 is 0 Å². The molecule has 6 heterocycles. The van der Waals surface area contributed by atoms with Crippen molar-refractivity contribution in [1.82, 2.24) is 0 Å². The second kappa shape index (κ2) is 7.98. The van der Waals surface area contributed by atoms with Gasteiger partial charge in [0.05, 0.1) is 0 Å². The molecule has 0 aliphatic heterocycles. The molecule has 2 aliphatic carbocycles. The largest absolute Gasteiger partial charge is 0.143 e. The van der Waals surface area contributed by atoms with Crippen molar-refractivity contribution < 1.29 is 0 Å². The van der Waals surface area contributed by atoms with Gasteiger partial charge in [-0.15, -0.1) is 68.0 Å². The minimum absolute atomic E-state index is 1.38. The Kier molecular flexibility index (Phi) is 4.67. The van der Waals surface area contributed by atoms with Crippen LogP contribution < -0.4 is 0 Å². The molecule has 9 rings (SSSR count). The topological polar surface area (TPSA) is 0 Å². The summed E-state index contributed by atoms with van der Waals surface area (Å²) in [4.78, 5) is 8.41. The highest BCUT2D eigenvalue weighted by Crippen LogP contribution is 2.58. The number of hydrogen-bond acceptors (Lipinski definition) is 6. The third kappa shape index (κ3) is 2.93. The van der Waals surface area contributed by atoms with E-state index in [1.54, 1.807) is 0 Å². The highest BCUT2D eigenvalue weighted by atomic mass is 32.1. The van der Waals surface area contributed by atoms with Gasteiger partial charge in [-0.25, -0.2) is 0 Å². The third-order valence-electron chi connectivity index (χ3n) is 7.61. The average Bonchev–Trinajstić information content (AvgIpc) is 3.72. The fourth-order valence-electron chi connectivity index (χ4n) is 5.93. The molecule has 6 heteroatoms. The molecule has 0 N–H and O–H groups in total. The summed E-state index contributed by atoms with van der Waals surface area (Å²) < 4.78 is 5.59. The van der Waals surface area contributed by atoms with Crippen molar-refractivity contribution in [2.75, 3.05) is 0 Å². The zero-order chi connectivity index (χ0) is 25.1. The van der Waals surface area contributed by atoms with E-state index in [9.17, 15) is 0 Å². The average molecular weight is 595 g/mol. The van der Waals surface area contributed by atoms with Gasteiger partial charge in [0.15, 0.2) is 0 Å². The number of rotatable bonds is 2. The molecule has 0 spiro atoms. The molecule has 6 aromatic heterocycles. The number of hydrogen-bond donors (Lipinski definition) is 0. The maximum Gasteiger partial charge on any atom is 0.0464 e. The maximum absolute atomic E-state index is 2.48. The van der Waals surface area contributed by atoms with E-state index in [4.69, 9.17) is 0 Å². The molecule has 0 unspecified atom stereocenters. The Morgan fingerprint density at radius 3 is 1.32 bits per heavy atom. The van der Waals surface area contributed by atoms with E-state index < -0.39 is 0 Å². The van der Waals surface area contributed by atoms with Crippen LogP contribution in [-0.4, -0.2) is 0 Å². The molecule has 2 aliphatic rings. The molecule has 7 aromatic rings. The second-order valence-electron chi connectivity index (χ2n) is 9.57. The van der Waals surface area contributed by atoms with Gasteiger partial charge >= 0.3 is 0 Å². The van der Waals surface area contributed by atoms with Crippen LogP contribution in [0.1, 0.15) is 36.1 Å². The fraction of sp³-hybridized carbons (Fsp3) is 0.0625. The molecule has 0 nitrogen and oxygen atoms in total. The van der Waals surface area contributed by atoms with Crippen molar-refractivity contribution in [3.8, 4) is 40.4 Å². The standard InChI is InChI=1S/C32H18S6/c1-3-15-17-9-20-18(10-19(17)31-21(15)11-27(37-31)29-13-25-23(35-29)5-7-33-25)16(4-2)22-12-28(38-32(20)22)30-14-26-24(36-30)6-8-34-26/h3-14H,1-2H3/b15-3-,16-4+. The Bertz CT molecular complexity index is 1940. The number of thiophene rings is 6. The Balaban J connectivity index is 1.19. The van der Waals surface area contributed by atoms with E-state index in [-0.39, 0.29) is 0 Å². The molecule has 0 bridgehead atoms. The minimum Gasteiger partial charge on any atom is -0.143 e. The summed E-state index contributed by atoms with van der Waals surface area (Å²) in [5.41, 5.74) is 11.1. The molecular weight excluding hydrogens is 577 g/mol. The summed E-state index contributed by atoms with van der Waals surface area (Å²) in [6, 6.07) is 19.1. The van der Waals surface area contributed by atoms with Gasteiger partial charge < -0.3 is 0 Å². The Morgan fingerprint density at radius 1 is 0.447 bits per heavy atom. The Labute approximate surface area is 244 Å². The molecule has 38 heavy (non-hydrogen) atoms. The van der Waals surface area contributed by atoms with Gasteiger partial charge in [0.25, 0.3) is 0 Å². The number of benzene rings is 1. The van der Waals surface area contributed by atoms with Gasteiger partial charge in [-0.05, 0) is 95.4 Å². The van der Waals surface area contributed by atoms with Crippen LogP contribution in [0, 0.1) is 0 Å². The summed E-state index contributed by atoms with van der Waals surface area (Å²) >= 11 is 11.4. The molecule has 0 saturated heterocycles. The zero-order valence-corrected chi connectivity index (χ0v) is 25.3. The molecule has 1 aromatic carbocycles. The normalized spacial score (nSPS) is 15.7. The first kappa shape index (κ1) is 22.3. The molecule has 0 atom stereocenters. The first-order valence-electron chi connectivity index (χ1n) is 12.5. The van der Waals surface area contributed by atoms with Gasteiger partial charge in [0.1, 0.15) is 0 Å². The van der Waals surface area contributed by atoms with Gasteiger partial charge in [0, 0.05) is 70.3 Å². The van der Waals surface area contributed by atoms with Gasteiger partial charge in [-0.2, -0.15) is 0 Å². The lowest BCUT2D eigenvalue weighted by Crippen LogP contribution is -1.86. The molecule has 0 radical (unpaired) electrons. The highest BCUT2D eigenvalue weighted by Gasteiger charge is 2.33. The van der Waals surface area contributed by atoms with E-state index in [1.807, 2.05) is 68.0 Å². The first-order valence-corrected chi connectivity index (χ1v) is 17.5. The van der Waals surface area contributed by atoms with Crippen LogP contribution >= 0.6 is 68.0 Å². The number of fused-ring (bicyclic) bond motifs is 8. The minimum atomic E-state index is 1.38. The summed E-state index contributed by atoms with van der Waals surface area (Å²) in [6.07, 6.45) is 4.62. The van der Waals surface area contributed by atoms with Crippen LogP contribution in [0.25, 0.3) is 70.3 Å². The van der Waals surface area contributed by atoms with Gasteiger partial charge in [0.2, 0.25) is 0 Å². The fourth-order valence-corrected chi connectivity index (χ4v) is 12.7. The molecule has 182 valence electrons. The summed E-state index contributed by atoms with van der Waals surface area (Å²) in [5, 5.41) is 4.38. The van der Waals surface area contributed by atoms with E-state index in [2.05, 4.69) is 85.3 Å².